The Morgan fingerprint density at radius 1 is 0.774 bits per heavy atom. The first-order valence-corrected chi connectivity index (χ1v) is 20.6. The largest absolute Gasteiger partial charge is 0.459 e. The summed E-state index contributed by atoms with van der Waals surface area (Å²) in [6.45, 7) is 6.57. The van der Waals surface area contributed by atoms with Gasteiger partial charge in [0.05, 0.1) is 14.5 Å². The molecule has 3 heterocycles. The van der Waals surface area contributed by atoms with Gasteiger partial charge in [0, 0.05) is 6.54 Å². The number of thioether (sulfide) groups is 1. The third-order valence-electron chi connectivity index (χ3n) is 9.29. The molecule has 15 heteroatoms. The van der Waals surface area contributed by atoms with Crippen LogP contribution < -0.4 is 5.73 Å². The van der Waals surface area contributed by atoms with Gasteiger partial charge in [0.25, 0.3) is 20.2 Å². The standard InChI is InChI=1S/C24H27N3O3S.2C7H8O3S/c25-19-21(28)27-20(23(29)30-16-18-9-5-2-6-10-18)24(31-22(19)27)11-13-26(14-12-24)15-17-7-3-1-4-8-17;2*1-6-2-4-7(5-3-6)11(8,9)10/h1-10,19-20,22H,11-16,25H2;2*2-5H,1H3,(H,8,9,10)/t19?,20?,22-;;/m0../s1. The number of aryl methyl sites for hydroxylation is 2. The number of carbonyl (C=O) groups is 2. The molecule has 53 heavy (non-hydrogen) atoms. The lowest BCUT2D eigenvalue weighted by atomic mass is 9.85. The maximum atomic E-state index is 13.2. The van der Waals surface area contributed by atoms with Crippen molar-refractivity contribution in [2.24, 2.45) is 5.73 Å². The van der Waals surface area contributed by atoms with Gasteiger partial charge < -0.3 is 15.4 Å². The number of hydrogen-bond donors (Lipinski definition) is 3. The van der Waals surface area contributed by atoms with E-state index in [4.69, 9.17) is 19.6 Å². The lowest BCUT2D eigenvalue weighted by Crippen LogP contribution is -2.69. The molecule has 3 fully saturated rings. The molecule has 12 nitrogen and oxygen atoms in total. The Labute approximate surface area is 314 Å². The van der Waals surface area contributed by atoms with Gasteiger partial charge in [-0.2, -0.15) is 16.8 Å². The van der Waals surface area contributed by atoms with Crippen molar-refractivity contribution < 1.29 is 40.3 Å². The van der Waals surface area contributed by atoms with Crippen LogP contribution >= 0.6 is 11.8 Å². The summed E-state index contributed by atoms with van der Waals surface area (Å²) in [4.78, 5) is 29.7. The van der Waals surface area contributed by atoms with Gasteiger partial charge in [-0.15, -0.1) is 11.8 Å². The van der Waals surface area contributed by atoms with Crippen molar-refractivity contribution in [1.29, 1.82) is 0 Å². The minimum atomic E-state index is -4.02. The molecule has 2 unspecified atom stereocenters. The summed E-state index contributed by atoms with van der Waals surface area (Å²) in [5, 5.41) is -0.123. The summed E-state index contributed by atoms with van der Waals surface area (Å²) in [7, 11) is -8.04. The van der Waals surface area contributed by atoms with Crippen molar-refractivity contribution in [3.8, 4) is 0 Å². The van der Waals surface area contributed by atoms with E-state index in [9.17, 15) is 26.4 Å². The molecule has 0 radical (unpaired) electrons. The van der Waals surface area contributed by atoms with Gasteiger partial charge in [-0.1, -0.05) is 96.1 Å². The predicted octanol–water partition coefficient (Wildman–Crippen LogP) is 4.86. The first kappa shape index (κ1) is 40.1. The lowest BCUT2D eigenvalue weighted by Gasteiger charge is -2.44. The van der Waals surface area contributed by atoms with Crippen LogP contribution in [0.3, 0.4) is 0 Å². The number of rotatable bonds is 7. The fraction of sp³-hybridized carbons (Fsp3) is 0.316. The number of carbonyl (C=O) groups excluding carboxylic acids is 2. The summed E-state index contributed by atoms with van der Waals surface area (Å²) in [5.74, 6) is -0.446. The molecule has 1 spiro atoms. The van der Waals surface area contributed by atoms with E-state index in [1.165, 1.54) is 29.8 Å². The van der Waals surface area contributed by atoms with E-state index in [1.807, 2.05) is 50.2 Å². The van der Waals surface area contributed by atoms with Crippen LogP contribution in [0.4, 0.5) is 0 Å². The zero-order valence-corrected chi connectivity index (χ0v) is 31.8. The Hall–Kier alpha value is -4.09. The van der Waals surface area contributed by atoms with Crippen LogP contribution in [-0.4, -0.2) is 82.9 Å². The van der Waals surface area contributed by atoms with E-state index in [2.05, 4.69) is 29.2 Å². The monoisotopic (exact) mass is 781 g/mol. The zero-order valence-electron chi connectivity index (χ0n) is 29.3. The average Bonchev–Trinajstić information content (AvgIpc) is 3.43. The second kappa shape index (κ2) is 16.9. The Balaban J connectivity index is 0.000000201. The van der Waals surface area contributed by atoms with E-state index < -0.39 is 32.3 Å². The van der Waals surface area contributed by atoms with Gasteiger partial charge in [-0.3, -0.25) is 18.8 Å². The molecule has 282 valence electrons. The van der Waals surface area contributed by atoms with E-state index in [0.717, 1.165) is 49.2 Å². The number of ether oxygens (including phenoxy) is 1. The third kappa shape index (κ3) is 10.1. The summed E-state index contributed by atoms with van der Waals surface area (Å²) in [6.07, 6.45) is 1.67. The summed E-state index contributed by atoms with van der Waals surface area (Å²) in [5.41, 5.74) is 10.2. The number of fused-ring (bicyclic) bond motifs is 1. The molecule has 4 aromatic carbocycles. The van der Waals surface area contributed by atoms with E-state index in [0.29, 0.717) is 0 Å². The smallest absolute Gasteiger partial charge is 0.330 e. The molecule has 1 amide bonds. The summed E-state index contributed by atoms with van der Waals surface area (Å²) >= 11 is 1.71. The highest BCUT2D eigenvalue weighted by atomic mass is 32.2. The third-order valence-corrected chi connectivity index (χ3v) is 12.9. The first-order valence-electron chi connectivity index (χ1n) is 16.9. The molecule has 3 aliphatic rings. The van der Waals surface area contributed by atoms with Crippen molar-refractivity contribution in [3.05, 3.63) is 131 Å². The van der Waals surface area contributed by atoms with Gasteiger partial charge in [-0.25, -0.2) is 4.79 Å². The topological polar surface area (TPSA) is 185 Å². The van der Waals surface area contributed by atoms with Crippen molar-refractivity contribution in [2.45, 2.75) is 71.8 Å². The molecular weight excluding hydrogens is 739 g/mol. The number of β-lactam (4-membered cyclic amide) rings is 1. The second-order valence-corrected chi connectivity index (χ2v) is 17.6. The van der Waals surface area contributed by atoms with Gasteiger partial charge in [-0.05, 0) is 75.2 Å². The van der Waals surface area contributed by atoms with Crippen LogP contribution in [0.1, 0.15) is 35.1 Å². The Morgan fingerprint density at radius 3 is 1.68 bits per heavy atom. The van der Waals surface area contributed by atoms with Crippen LogP contribution in [0.25, 0.3) is 0 Å². The second-order valence-electron chi connectivity index (χ2n) is 13.2. The molecule has 4 N–H and O–H groups in total. The lowest BCUT2D eigenvalue weighted by molar-refractivity contribution is -0.164. The van der Waals surface area contributed by atoms with Crippen LogP contribution in [0.2, 0.25) is 0 Å². The number of piperidine rings is 1. The number of nitrogens with two attached hydrogens (primary N) is 1. The SMILES string of the molecule is Cc1ccc(S(=O)(=O)O)cc1.Cc1ccc(S(=O)(=O)O)cc1.NC1C(=O)N2C(C(=O)OCc3ccccc3)C3(CCN(Cc4ccccc4)CC3)S[C@@H]12. The molecular formula is C38H43N3O9S3. The molecule has 0 aliphatic carbocycles. The summed E-state index contributed by atoms with van der Waals surface area (Å²) < 4.78 is 64.5. The van der Waals surface area contributed by atoms with Crippen molar-refractivity contribution >= 4 is 43.9 Å². The highest BCUT2D eigenvalue weighted by Crippen LogP contribution is 2.55. The van der Waals surface area contributed by atoms with Crippen molar-refractivity contribution in [2.75, 3.05) is 13.1 Å². The molecule has 4 aromatic rings. The fourth-order valence-corrected chi connectivity index (χ4v) is 9.15. The maximum absolute atomic E-state index is 13.2. The van der Waals surface area contributed by atoms with Gasteiger partial charge >= 0.3 is 5.97 Å². The maximum Gasteiger partial charge on any atom is 0.330 e. The molecule has 0 saturated carbocycles. The highest BCUT2D eigenvalue weighted by Gasteiger charge is 2.66. The van der Waals surface area contributed by atoms with Crippen LogP contribution in [-0.2, 0) is 47.7 Å². The van der Waals surface area contributed by atoms with Gasteiger partial charge in [0.2, 0.25) is 5.91 Å². The minimum Gasteiger partial charge on any atom is -0.459 e. The quantitative estimate of drug-likeness (QED) is 0.132. The number of nitrogens with zero attached hydrogens (tertiary/aromatic N) is 2. The molecule has 0 aromatic heterocycles. The summed E-state index contributed by atoms with van der Waals surface area (Å²) in [6, 6.07) is 31.0. The number of likely N-dealkylation sites (tertiary alicyclic amines) is 1. The first-order chi connectivity index (χ1) is 25.1. The number of amides is 1. The minimum absolute atomic E-state index is 0.0666. The Kier molecular flexibility index (Phi) is 12.8. The van der Waals surface area contributed by atoms with E-state index in [-0.39, 0.29) is 38.4 Å². The van der Waals surface area contributed by atoms with Gasteiger partial charge in [0.15, 0.2) is 0 Å². The van der Waals surface area contributed by atoms with Crippen LogP contribution in [0, 0.1) is 13.8 Å². The van der Waals surface area contributed by atoms with E-state index >= 15 is 0 Å². The van der Waals surface area contributed by atoms with E-state index in [1.54, 1.807) is 40.9 Å². The molecule has 3 atom stereocenters. The van der Waals surface area contributed by atoms with Crippen molar-refractivity contribution in [1.82, 2.24) is 9.80 Å². The molecule has 3 saturated heterocycles. The number of benzene rings is 4. The average molecular weight is 782 g/mol. The molecule has 7 rings (SSSR count). The Morgan fingerprint density at radius 2 is 1.23 bits per heavy atom. The van der Waals surface area contributed by atoms with Crippen LogP contribution in [0.15, 0.2) is 119 Å². The highest BCUT2D eigenvalue weighted by molar-refractivity contribution is 8.01. The van der Waals surface area contributed by atoms with Crippen molar-refractivity contribution in [3.63, 3.8) is 0 Å². The normalized spacial score (nSPS) is 20.6. The number of hydrogen-bond acceptors (Lipinski definition) is 10. The van der Waals surface area contributed by atoms with Crippen LogP contribution in [0.5, 0.6) is 0 Å². The number of esters is 1. The molecule has 3 aliphatic heterocycles. The zero-order chi connectivity index (χ0) is 38.4. The predicted molar refractivity (Wildman–Crippen MR) is 202 cm³/mol. The Bertz CT molecular complexity index is 2000. The fourth-order valence-electron chi connectivity index (χ4n) is 6.35. The molecule has 0 bridgehead atoms. The van der Waals surface area contributed by atoms with Gasteiger partial charge in [0.1, 0.15) is 24.1 Å².